The molecule has 1 aromatic rings. The van der Waals surface area contributed by atoms with Crippen LogP contribution >= 0.6 is 11.3 Å². The van der Waals surface area contributed by atoms with Crippen molar-refractivity contribution in [2.24, 2.45) is 11.1 Å². The first kappa shape index (κ1) is 13.0. The number of nitrogens with two attached hydrogens (primary N) is 1. The van der Waals surface area contributed by atoms with Gasteiger partial charge in [0.25, 0.3) is 5.91 Å². The first-order valence-corrected chi connectivity index (χ1v) is 6.80. The van der Waals surface area contributed by atoms with Crippen LogP contribution in [0.5, 0.6) is 0 Å². The summed E-state index contributed by atoms with van der Waals surface area (Å²) in [6, 6.07) is 1.63. The number of piperidine rings is 1. The largest absolute Gasteiger partial charge is 0.366 e. The highest BCUT2D eigenvalue weighted by atomic mass is 32.1. The van der Waals surface area contributed by atoms with Crippen molar-refractivity contribution in [3.63, 3.8) is 0 Å². The van der Waals surface area contributed by atoms with Gasteiger partial charge >= 0.3 is 0 Å². The van der Waals surface area contributed by atoms with Crippen molar-refractivity contribution < 1.29 is 9.59 Å². The lowest BCUT2D eigenvalue weighted by molar-refractivity contribution is -0.125. The minimum absolute atomic E-state index is 0.0559. The van der Waals surface area contributed by atoms with E-state index >= 15 is 0 Å². The summed E-state index contributed by atoms with van der Waals surface area (Å²) >= 11 is 1.32. The van der Waals surface area contributed by atoms with Gasteiger partial charge in [-0.05, 0) is 37.8 Å². The van der Waals surface area contributed by atoms with E-state index in [2.05, 4.69) is 10.6 Å². The van der Waals surface area contributed by atoms with E-state index in [1.807, 2.05) is 6.92 Å². The van der Waals surface area contributed by atoms with E-state index in [1.54, 1.807) is 11.4 Å². The monoisotopic (exact) mass is 267 g/mol. The lowest BCUT2D eigenvalue weighted by Gasteiger charge is -2.32. The first-order valence-electron chi connectivity index (χ1n) is 5.92. The molecule has 0 radical (unpaired) electrons. The summed E-state index contributed by atoms with van der Waals surface area (Å²) in [5, 5.41) is 8.33. The summed E-state index contributed by atoms with van der Waals surface area (Å²) in [5.41, 5.74) is 5.21. The summed E-state index contributed by atoms with van der Waals surface area (Å²) in [4.78, 5) is 23.5. The number of hydrogen-bond donors (Lipinski definition) is 3. The molecule has 6 heteroatoms. The second-order valence-electron chi connectivity index (χ2n) is 4.82. The van der Waals surface area contributed by atoms with Crippen LogP contribution in [0.25, 0.3) is 0 Å². The third-order valence-corrected chi connectivity index (χ3v) is 4.13. The van der Waals surface area contributed by atoms with Crippen LogP contribution in [0.2, 0.25) is 0 Å². The fourth-order valence-corrected chi connectivity index (χ4v) is 2.89. The van der Waals surface area contributed by atoms with Crippen molar-refractivity contribution >= 4 is 28.2 Å². The molecule has 4 N–H and O–H groups in total. The predicted octanol–water partition coefficient (Wildman–Crippen LogP) is 1.18. The van der Waals surface area contributed by atoms with Gasteiger partial charge in [-0.2, -0.15) is 0 Å². The maximum atomic E-state index is 12.3. The van der Waals surface area contributed by atoms with Crippen molar-refractivity contribution in [1.82, 2.24) is 5.32 Å². The van der Waals surface area contributed by atoms with Crippen molar-refractivity contribution in [3.05, 3.63) is 17.0 Å². The quantitative estimate of drug-likeness (QED) is 0.768. The maximum absolute atomic E-state index is 12.3. The fraction of sp³-hybridized carbons (Fsp3) is 0.500. The zero-order valence-electron chi connectivity index (χ0n) is 10.3. The number of carbonyl (C=O) groups is 2. The van der Waals surface area contributed by atoms with Crippen LogP contribution in [-0.2, 0) is 4.79 Å². The topological polar surface area (TPSA) is 84.2 Å². The number of amides is 2. The number of primary amides is 1. The Labute approximate surface area is 110 Å². The Morgan fingerprint density at radius 3 is 2.94 bits per heavy atom. The Bertz CT molecular complexity index is 464. The van der Waals surface area contributed by atoms with Crippen molar-refractivity contribution in [2.45, 2.75) is 19.8 Å². The lowest BCUT2D eigenvalue weighted by atomic mass is 9.82. The highest BCUT2D eigenvalue weighted by Gasteiger charge is 2.35. The van der Waals surface area contributed by atoms with Crippen molar-refractivity contribution in [1.29, 1.82) is 0 Å². The molecule has 1 aliphatic rings. The molecular formula is C12H17N3O2S. The maximum Gasteiger partial charge on any atom is 0.251 e. The third-order valence-electron chi connectivity index (χ3n) is 3.30. The Kier molecular flexibility index (Phi) is 3.68. The van der Waals surface area contributed by atoms with Crippen LogP contribution in [0.3, 0.4) is 0 Å². The van der Waals surface area contributed by atoms with Crippen LogP contribution in [0.15, 0.2) is 11.4 Å². The standard InChI is InChI=1S/C12H17N3O2S/c1-12(4-2-5-14-7-12)11(17)15-10-8(9(13)16)3-6-18-10/h3,6,14H,2,4-5,7H2,1H3,(H2,13,16)(H,15,17). The zero-order chi connectivity index (χ0) is 13.2. The Morgan fingerprint density at radius 2 is 2.33 bits per heavy atom. The van der Waals surface area contributed by atoms with Crippen LogP contribution in [0.1, 0.15) is 30.1 Å². The predicted molar refractivity (Wildman–Crippen MR) is 71.7 cm³/mol. The van der Waals surface area contributed by atoms with Crippen LogP contribution in [0, 0.1) is 5.41 Å². The summed E-state index contributed by atoms with van der Waals surface area (Å²) in [6.07, 6.45) is 1.83. The molecule has 1 unspecified atom stereocenters. The average molecular weight is 267 g/mol. The van der Waals surface area contributed by atoms with Gasteiger partial charge in [0.1, 0.15) is 5.00 Å². The first-order chi connectivity index (χ1) is 8.53. The number of anilines is 1. The second-order valence-corrected chi connectivity index (χ2v) is 5.74. The smallest absolute Gasteiger partial charge is 0.251 e. The molecule has 1 fully saturated rings. The Hall–Kier alpha value is -1.40. The molecule has 1 aliphatic heterocycles. The lowest BCUT2D eigenvalue weighted by Crippen LogP contribution is -2.46. The molecule has 2 amide bonds. The molecule has 0 spiro atoms. The molecule has 2 rings (SSSR count). The minimum atomic E-state index is -0.515. The van der Waals surface area contributed by atoms with Gasteiger partial charge in [-0.25, -0.2) is 0 Å². The normalized spacial score (nSPS) is 23.6. The van der Waals surface area contributed by atoms with Gasteiger partial charge in [0.2, 0.25) is 5.91 Å². The minimum Gasteiger partial charge on any atom is -0.366 e. The molecule has 1 aromatic heterocycles. The molecule has 1 atom stereocenters. The van der Waals surface area contributed by atoms with Gasteiger partial charge in [-0.3, -0.25) is 9.59 Å². The molecule has 18 heavy (non-hydrogen) atoms. The molecule has 0 saturated carbocycles. The number of nitrogens with one attached hydrogen (secondary N) is 2. The SMILES string of the molecule is CC1(C(=O)Nc2sccc2C(N)=O)CCCNC1. The number of thiophene rings is 1. The van der Waals surface area contributed by atoms with E-state index in [-0.39, 0.29) is 5.91 Å². The highest BCUT2D eigenvalue weighted by Crippen LogP contribution is 2.30. The van der Waals surface area contributed by atoms with Gasteiger partial charge in [-0.1, -0.05) is 0 Å². The third kappa shape index (κ3) is 2.54. The molecule has 98 valence electrons. The Balaban J connectivity index is 2.11. The summed E-state index contributed by atoms with van der Waals surface area (Å²) in [7, 11) is 0. The molecule has 5 nitrogen and oxygen atoms in total. The van der Waals surface area contributed by atoms with E-state index in [0.29, 0.717) is 17.1 Å². The van der Waals surface area contributed by atoms with Crippen molar-refractivity contribution in [3.8, 4) is 0 Å². The van der Waals surface area contributed by atoms with Crippen LogP contribution < -0.4 is 16.4 Å². The van der Waals surface area contributed by atoms with Crippen molar-refractivity contribution in [2.75, 3.05) is 18.4 Å². The van der Waals surface area contributed by atoms with Gasteiger partial charge in [-0.15, -0.1) is 11.3 Å². The molecule has 0 aromatic carbocycles. The molecular weight excluding hydrogens is 250 g/mol. The molecule has 1 saturated heterocycles. The molecule has 0 aliphatic carbocycles. The van der Waals surface area contributed by atoms with E-state index in [1.165, 1.54) is 11.3 Å². The number of rotatable bonds is 3. The summed E-state index contributed by atoms with van der Waals surface area (Å²) in [5.74, 6) is -0.571. The average Bonchev–Trinajstić information content (AvgIpc) is 2.78. The van der Waals surface area contributed by atoms with Crippen LogP contribution in [0.4, 0.5) is 5.00 Å². The van der Waals surface area contributed by atoms with E-state index in [4.69, 9.17) is 5.73 Å². The fourth-order valence-electron chi connectivity index (χ4n) is 2.10. The molecule has 0 bridgehead atoms. The van der Waals surface area contributed by atoms with Gasteiger partial charge in [0.05, 0.1) is 11.0 Å². The number of hydrogen-bond acceptors (Lipinski definition) is 4. The van der Waals surface area contributed by atoms with E-state index < -0.39 is 11.3 Å². The Morgan fingerprint density at radius 1 is 1.56 bits per heavy atom. The van der Waals surface area contributed by atoms with Crippen LogP contribution in [-0.4, -0.2) is 24.9 Å². The van der Waals surface area contributed by atoms with Gasteiger partial charge < -0.3 is 16.4 Å². The van der Waals surface area contributed by atoms with E-state index in [9.17, 15) is 9.59 Å². The molecule has 2 heterocycles. The summed E-state index contributed by atoms with van der Waals surface area (Å²) in [6.45, 7) is 3.55. The zero-order valence-corrected chi connectivity index (χ0v) is 11.1. The second kappa shape index (κ2) is 5.07. The van der Waals surface area contributed by atoms with Gasteiger partial charge in [0.15, 0.2) is 0 Å². The van der Waals surface area contributed by atoms with Gasteiger partial charge in [0, 0.05) is 6.54 Å². The highest BCUT2D eigenvalue weighted by molar-refractivity contribution is 7.14. The number of carbonyl (C=O) groups excluding carboxylic acids is 2. The summed E-state index contributed by atoms with van der Waals surface area (Å²) < 4.78 is 0. The van der Waals surface area contributed by atoms with E-state index in [0.717, 1.165) is 19.4 Å².